The third-order valence-electron chi connectivity index (χ3n) is 4.13. The number of hydrogen-bond donors (Lipinski definition) is 0. The highest BCUT2D eigenvalue weighted by molar-refractivity contribution is 14.1. The Kier molecular flexibility index (Phi) is 5.20. The van der Waals surface area contributed by atoms with Crippen LogP contribution in [0.15, 0.2) is 63.8 Å². The van der Waals surface area contributed by atoms with E-state index < -0.39 is 4.92 Å². The van der Waals surface area contributed by atoms with Gasteiger partial charge in [0.15, 0.2) is 0 Å². The molecule has 7 nitrogen and oxygen atoms in total. The highest BCUT2D eigenvalue weighted by Gasteiger charge is 2.13. The molecule has 29 heavy (non-hydrogen) atoms. The van der Waals surface area contributed by atoms with Gasteiger partial charge in [-0.3, -0.25) is 19.5 Å². The molecule has 4 rings (SSSR count). The zero-order chi connectivity index (χ0) is 20.5. The molecule has 2 aromatic heterocycles. The van der Waals surface area contributed by atoms with Crippen molar-refractivity contribution in [1.29, 1.82) is 0 Å². The second kappa shape index (κ2) is 7.80. The lowest BCUT2D eigenvalue weighted by atomic mass is 10.2. The van der Waals surface area contributed by atoms with Gasteiger partial charge in [0, 0.05) is 8.59 Å². The summed E-state index contributed by atoms with van der Waals surface area (Å²) in [5, 5.41) is 11.8. The van der Waals surface area contributed by atoms with Crippen LogP contribution in [0.25, 0.3) is 28.7 Å². The van der Waals surface area contributed by atoms with Gasteiger partial charge in [-0.15, -0.1) is 0 Å². The summed E-state index contributed by atoms with van der Waals surface area (Å²) in [4.78, 5) is 28.0. The summed E-state index contributed by atoms with van der Waals surface area (Å²) >= 11 is 8.12. The average molecular weight is 520 g/mol. The average Bonchev–Trinajstić information content (AvgIpc) is 3.17. The standard InChI is InChI=1S/C20H11ClIN3O4/c21-12-1-4-14(5-2-12)24-18(9-6-15-7-10-19(29-15)25(27)28)23-17-8-3-13(22)11-16(17)20(24)26/h1-11H/b9-6+. The number of hydrogen-bond acceptors (Lipinski definition) is 5. The van der Waals surface area contributed by atoms with Crippen LogP contribution in [-0.4, -0.2) is 14.5 Å². The molecule has 0 amide bonds. The number of fused-ring (bicyclic) bond motifs is 1. The first kappa shape index (κ1) is 19.3. The second-order valence-corrected chi connectivity index (χ2v) is 7.70. The minimum absolute atomic E-state index is 0.235. The summed E-state index contributed by atoms with van der Waals surface area (Å²) in [5.41, 5.74) is 0.907. The van der Waals surface area contributed by atoms with E-state index in [1.165, 1.54) is 22.8 Å². The summed E-state index contributed by atoms with van der Waals surface area (Å²) in [6.45, 7) is 0. The smallest absolute Gasteiger partial charge is 0.401 e. The van der Waals surface area contributed by atoms with Crippen molar-refractivity contribution in [3.8, 4) is 5.69 Å². The van der Waals surface area contributed by atoms with Crippen LogP contribution in [0.5, 0.6) is 0 Å². The molecule has 0 saturated carbocycles. The van der Waals surface area contributed by atoms with Crippen LogP contribution in [0, 0.1) is 13.7 Å². The van der Waals surface area contributed by atoms with Gasteiger partial charge in [-0.1, -0.05) is 11.6 Å². The van der Waals surface area contributed by atoms with E-state index in [0.717, 1.165) is 3.57 Å². The molecule has 0 fully saturated rings. The maximum atomic E-state index is 13.2. The van der Waals surface area contributed by atoms with Crippen molar-refractivity contribution in [2.45, 2.75) is 0 Å². The lowest BCUT2D eigenvalue weighted by Crippen LogP contribution is -2.22. The van der Waals surface area contributed by atoms with Crippen molar-refractivity contribution in [1.82, 2.24) is 9.55 Å². The molecule has 144 valence electrons. The molecule has 0 bridgehead atoms. The van der Waals surface area contributed by atoms with Crippen LogP contribution in [0.2, 0.25) is 5.02 Å². The number of furan rings is 1. The Labute approximate surface area is 182 Å². The number of nitrogens with zero attached hydrogens (tertiary/aromatic N) is 3. The lowest BCUT2D eigenvalue weighted by Gasteiger charge is -2.11. The fourth-order valence-corrected chi connectivity index (χ4v) is 3.43. The molecule has 0 radical (unpaired) electrons. The van der Waals surface area contributed by atoms with Gasteiger partial charge in [0.05, 0.1) is 22.7 Å². The zero-order valence-electron chi connectivity index (χ0n) is 14.6. The molecule has 2 aromatic carbocycles. The van der Waals surface area contributed by atoms with Crippen molar-refractivity contribution in [3.05, 3.63) is 95.2 Å². The number of benzene rings is 2. The molecule has 0 aliphatic carbocycles. The van der Waals surface area contributed by atoms with Crippen LogP contribution in [0.3, 0.4) is 0 Å². The summed E-state index contributed by atoms with van der Waals surface area (Å²) in [5.74, 6) is 0.266. The molecule has 4 aromatic rings. The van der Waals surface area contributed by atoms with Crippen molar-refractivity contribution in [3.63, 3.8) is 0 Å². The monoisotopic (exact) mass is 519 g/mol. The molecule has 9 heteroatoms. The molecule has 0 unspecified atom stereocenters. The molecule has 2 heterocycles. The Morgan fingerprint density at radius 3 is 2.55 bits per heavy atom. The normalized spacial score (nSPS) is 11.4. The predicted octanol–water partition coefficient (Wildman–Crippen LogP) is 5.32. The van der Waals surface area contributed by atoms with Gasteiger partial charge in [-0.2, -0.15) is 0 Å². The minimum Gasteiger partial charge on any atom is -0.401 e. The number of nitro groups is 1. The fraction of sp³-hybridized carbons (Fsp3) is 0. The second-order valence-electron chi connectivity index (χ2n) is 6.01. The lowest BCUT2D eigenvalue weighted by molar-refractivity contribution is -0.402. The van der Waals surface area contributed by atoms with E-state index in [4.69, 9.17) is 16.0 Å². The fourth-order valence-electron chi connectivity index (χ4n) is 2.81. The van der Waals surface area contributed by atoms with Crippen LogP contribution in [-0.2, 0) is 0 Å². The molecule has 0 N–H and O–H groups in total. The summed E-state index contributed by atoms with van der Waals surface area (Å²) in [6, 6.07) is 15.0. The van der Waals surface area contributed by atoms with Crippen molar-refractivity contribution >= 4 is 63.1 Å². The van der Waals surface area contributed by atoms with E-state index in [9.17, 15) is 14.9 Å². The SMILES string of the molecule is O=c1c2cc(I)ccc2nc(/C=C/c2ccc([N+](=O)[O-])o2)n1-c1ccc(Cl)cc1. The first-order chi connectivity index (χ1) is 13.9. The Bertz CT molecular complexity index is 1330. The van der Waals surface area contributed by atoms with Crippen LogP contribution in [0.1, 0.15) is 11.6 Å². The Morgan fingerprint density at radius 1 is 1.10 bits per heavy atom. The first-order valence-electron chi connectivity index (χ1n) is 8.33. The Morgan fingerprint density at radius 2 is 1.86 bits per heavy atom. The third-order valence-corrected chi connectivity index (χ3v) is 5.05. The molecule has 0 aliphatic heterocycles. The number of rotatable bonds is 4. The molecule has 0 spiro atoms. The molecule has 0 aliphatic rings. The van der Waals surface area contributed by atoms with Gasteiger partial charge < -0.3 is 4.42 Å². The van der Waals surface area contributed by atoms with E-state index in [1.807, 2.05) is 6.07 Å². The molecule has 0 atom stereocenters. The van der Waals surface area contributed by atoms with Gasteiger partial charge in [0.25, 0.3) is 5.56 Å². The quantitative estimate of drug-likeness (QED) is 0.207. The molecular formula is C20H11ClIN3O4. The van der Waals surface area contributed by atoms with Crippen LogP contribution >= 0.6 is 34.2 Å². The third kappa shape index (κ3) is 3.94. The van der Waals surface area contributed by atoms with Crippen LogP contribution < -0.4 is 5.56 Å². The van der Waals surface area contributed by atoms with E-state index in [-0.39, 0.29) is 17.2 Å². The summed E-state index contributed by atoms with van der Waals surface area (Å²) in [6.07, 6.45) is 3.11. The van der Waals surface area contributed by atoms with Crippen LogP contribution in [0.4, 0.5) is 5.88 Å². The van der Waals surface area contributed by atoms with Crippen molar-refractivity contribution in [2.24, 2.45) is 0 Å². The largest absolute Gasteiger partial charge is 0.433 e. The predicted molar refractivity (Wildman–Crippen MR) is 119 cm³/mol. The van der Waals surface area contributed by atoms with Gasteiger partial charge in [0.1, 0.15) is 16.5 Å². The summed E-state index contributed by atoms with van der Waals surface area (Å²) < 4.78 is 7.52. The van der Waals surface area contributed by atoms with Gasteiger partial charge in [-0.05, 0) is 83.3 Å². The van der Waals surface area contributed by atoms with Gasteiger partial charge in [-0.25, -0.2) is 4.98 Å². The van der Waals surface area contributed by atoms with Crippen molar-refractivity contribution < 1.29 is 9.34 Å². The molecular weight excluding hydrogens is 509 g/mol. The zero-order valence-corrected chi connectivity index (χ0v) is 17.5. The van der Waals surface area contributed by atoms with E-state index >= 15 is 0 Å². The van der Waals surface area contributed by atoms with Crippen molar-refractivity contribution in [2.75, 3.05) is 0 Å². The summed E-state index contributed by atoms with van der Waals surface area (Å²) in [7, 11) is 0. The topological polar surface area (TPSA) is 91.2 Å². The van der Waals surface area contributed by atoms with Gasteiger partial charge in [0.2, 0.25) is 0 Å². The highest BCUT2D eigenvalue weighted by Crippen LogP contribution is 2.21. The highest BCUT2D eigenvalue weighted by atomic mass is 127. The van der Waals surface area contributed by atoms with Gasteiger partial charge >= 0.3 is 5.88 Å². The van der Waals surface area contributed by atoms with E-state index in [1.54, 1.807) is 42.5 Å². The Hall–Kier alpha value is -2.98. The first-order valence-corrected chi connectivity index (χ1v) is 9.78. The maximum Gasteiger partial charge on any atom is 0.433 e. The van der Waals surface area contributed by atoms with E-state index in [0.29, 0.717) is 27.4 Å². The number of halogens is 2. The number of aromatic nitrogens is 2. The Balaban J connectivity index is 1.91. The minimum atomic E-state index is -0.614. The molecule has 0 saturated heterocycles. The maximum absolute atomic E-state index is 13.2. The van der Waals surface area contributed by atoms with E-state index in [2.05, 4.69) is 27.6 Å².